The topological polar surface area (TPSA) is 74.6 Å². The van der Waals surface area contributed by atoms with Crippen LogP contribution in [0.1, 0.15) is 33.1 Å². The van der Waals surface area contributed by atoms with E-state index in [0.29, 0.717) is 18.8 Å². The minimum absolute atomic E-state index is 0.192. The van der Waals surface area contributed by atoms with Gasteiger partial charge >= 0.3 is 0 Å². The third-order valence-electron chi connectivity index (χ3n) is 4.83. The molecule has 0 aliphatic heterocycles. The molecule has 2 fully saturated rings. The average molecular weight is 234 g/mol. The Hall–Kier alpha value is -0.130. The molecule has 0 aromatic heterocycles. The van der Waals surface area contributed by atoms with Gasteiger partial charge in [-0.05, 0) is 30.6 Å². The molecule has 88 valence electrons. The zero-order valence-electron chi connectivity index (χ0n) is 9.10. The van der Waals surface area contributed by atoms with Gasteiger partial charge in [0, 0.05) is 5.41 Å². The molecular formula is C10H18O4S. The molecule has 2 N–H and O–H groups in total. The van der Waals surface area contributed by atoms with Crippen molar-refractivity contribution in [3.63, 3.8) is 0 Å². The normalized spacial score (nSPS) is 43.5. The van der Waals surface area contributed by atoms with Crippen LogP contribution < -0.4 is 0 Å². The van der Waals surface area contributed by atoms with Crippen LogP contribution in [-0.4, -0.2) is 29.9 Å². The van der Waals surface area contributed by atoms with E-state index in [2.05, 4.69) is 0 Å². The van der Waals surface area contributed by atoms with Crippen LogP contribution in [0, 0.1) is 16.7 Å². The standard InChI is InChI=1S/C10H18O4S/c1-9(2)7-3-4-10(9,8(11)5-7)6-15(12,13)14/h7-8,11H,3-6H2,1-2H3,(H,12,13,14)/t7-,8?,10-/m1/s1. The van der Waals surface area contributed by atoms with Crippen molar-refractivity contribution in [1.82, 2.24) is 0 Å². The Morgan fingerprint density at radius 2 is 2.00 bits per heavy atom. The van der Waals surface area contributed by atoms with Gasteiger partial charge in [0.15, 0.2) is 0 Å². The minimum atomic E-state index is -4.02. The molecule has 0 aromatic carbocycles. The summed E-state index contributed by atoms with van der Waals surface area (Å²) in [5, 5.41) is 9.99. The van der Waals surface area contributed by atoms with Crippen molar-refractivity contribution in [2.45, 2.75) is 39.2 Å². The fraction of sp³-hybridized carbons (Fsp3) is 1.00. The van der Waals surface area contributed by atoms with Gasteiger partial charge in [-0.15, -0.1) is 0 Å². The van der Waals surface area contributed by atoms with Gasteiger partial charge in [0.25, 0.3) is 10.1 Å². The predicted octanol–water partition coefficient (Wildman–Crippen LogP) is 1.06. The number of aliphatic hydroxyl groups excluding tert-OH is 1. The maximum Gasteiger partial charge on any atom is 0.265 e. The zero-order chi connectivity index (χ0) is 11.5. The molecule has 4 nitrogen and oxygen atoms in total. The van der Waals surface area contributed by atoms with Crippen LogP contribution in [0.25, 0.3) is 0 Å². The summed E-state index contributed by atoms with van der Waals surface area (Å²) >= 11 is 0. The second-order valence-electron chi connectivity index (χ2n) is 5.59. The molecule has 0 radical (unpaired) electrons. The van der Waals surface area contributed by atoms with E-state index in [1.807, 2.05) is 13.8 Å². The Bertz CT molecular complexity index is 373. The fourth-order valence-corrected chi connectivity index (χ4v) is 5.06. The van der Waals surface area contributed by atoms with Gasteiger partial charge in [-0.3, -0.25) is 4.55 Å². The quantitative estimate of drug-likeness (QED) is 0.701. The number of hydrogen-bond donors (Lipinski definition) is 2. The van der Waals surface area contributed by atoms with Crippen molar-refractivity contribution in [2.24, 2.45) is 16.7 Å². The van der Waals surface area contributed by atoms with Crippen molar-refractivity contribution in [2.75, 3.05) is 5.75 Å². The summed E-state index contributed by atoms with van der Waals surface area (Å²) in [6.07, 6.45) is 1.74. The van der Waals surface area contributed by atoms with Crippen molar-refractivity contribution < 1.29 is 18.1 Å². The first-order chi connectivity index (χ1) is 6.69. The first kappa shape index (κ1) is 11.4. The fourth-order valence-electron chi connectivity index (χ4n) is 3.70. The SMILES string of the molecule is CC1(C)[C@@H]2CC[C@@]1(CS(=O)(=O)O)C(O)C2. The highest BCUT2D eigenvalue weighted by Gasteiger charge is 2.64. The van der Waals surface area contributed by atoms with E-state index >= 15 is 0 Å². The van der Waals surface area contributed by atoms with Gasteiger partial charge < -0.3 is 5.11 Å². The van der Waals surface area contributed by atoms with Gasteiger partial charge in [-0.2, -0.15) is 8.42 Å². The predicted molar refractivity (Wildman–Crippen MR) is 56.0 cm³/mol. The Kier molecular flexibility index (Phi) is 2.24. The van der Waals surface area contributed by atoms with Crippen molar-refractivity contribution in [1.29, 1.82) is 0 Å². The molecular weight excluding hydrogens is 216 g/mol. The third-order valence-corrected chi connectivity index (χ3v) is 5.71. The average Bonchev–Trinajstić information content (AvgIpc) is 2.34. The van der Waals surface area contributed by atoms with Crippen LogP contribution in [0.5, 0.6) is 0 Å². The molecule has 0 spiro atoms. The Labute approximate surface area is 90.4 Å². The van der Waals surface area contributed by atoms with E-state index in [1.54, 1.807) is 0 Å². The summed E-state index contributed by atoms with van der Waals surface area (Å²) in [5.41, 5.74) is -0.826. The van der Waals surface area contributed by atoms with E-state index in [1.165, 1.54) is 0 Å². The molecule has 0 amide bonds. The molecule has 3 atom stereocenters. The molecule has 2 aliphatic rings. The van der Waals surface area contributed by atoms with Crippen molar-refractivity contribution in [3.05, 3.63) is 0 Å². The van der Waals surface area contributed by atoms with Crippen molar-refractivity contribution in [3.8, 4) is 0 Å². The molecule has 0 saturated heterocycles. The van der Waals surface area contributed by atoms with E-state index in [4.69, 9.17) is 4.55 Å². The molecule has 0 heterocycles. The molecule has 2 aliphatic carbocycles. The third kappa shape index (κ3) is 1.44. The molecule has 1 unspecified atom stereocenters. The lowest BCUT2D eigenvalue weighted by molar-refractivity contribution is 0.0142. The van der Waals surface area contributed by atoms with Crippen LogP contribution in [0.15, 0.2) is 0 Å². The summed E-state index contributed by atoms with van der Waals surface area (Å²) in [4.78, 5) is 0. The summed E-state index contributed by atoms with van der Waals surface area (Å²) < 4.78 is 31.1. The largest absolute Gasteiger partial charge is 0.392 e. The second kappa shape index (κ2) is 2.96. The summed E-state index contributed by atoms with van der Waals surface area (Å²) in [7, 11) is -4.02. The lowest BCUT2D eigenvalue weighted by Gasteiger charge is -2.39. The lowest BCUT2D eigenvalue weighted by atomic mass is 9.70. The Balaban J connectivity index is 2.40. The van der Waals surface area contributed by atoms with E-state index in [-0.39, 0.29) is 11.2 Å². The monoisotopic (exact) mass is 234 g/mol. The van der Waals surface area contributed by atoms with Gasteiger partial charge in [0.05, 0.1) is 11.9 Å². The summed E-state index contributed by atoms with van der Waals surface area (Å²) in [6, 6.07) is 0. The minimum Gasteiger partial charge on any atom is -0.392 e. The maximum atomic E-state index is 11.0. The van der Waals surface area contributed by atoms with E-state index in [9.17, 15) is 13.5 Å². The van der Waals surface area contributed by atoms with Crippen LogP contribution in [0.3, 0.4) is 0 Å². The van der Waals surface area contributed by atoms with E-state index < -0.39 is 21.6 Å². The first-order valence-electron chi connectivity index (χ1n) is 5.32. The van der Waals surface area contributed by atoms with Crippen LogP contribution in [0.4, 0.5) is 0 Å². The number of fused-ring (bicyclic) bond motifs is 2. The lowest BCUT2D eigenvalue weighted by Crippen LogP contribution is -2.44. The van der Waals surface area contributed by atoms with Gasteiger partial charge in [-0.25, -0.2) is 0 Å². The zero-order valence-corrected chi connectivity index (χ0v) is 9.92. The smallest absolute Gasteiger partial charge is 0.265 e. The molecule has 0 aromatic rings. The Morgan fingerprint density at radius 3 is 2.33 bits per heavy atom. The second-order valence-corrected chi connectivity index (χ2v) is 7.04. The van der Waals surface area contributed by atoms with Gasteiger partial charge in [0.1, 0.15) is 0 Å². The van der Waals surface area contributed by atoms with Crippen molar-refractivity contribution >= 4 is 10.1 Å². The molecule has 2 saturated carbocycles. The Morgan fingerprint density at radius 1 is 1.40 bits per heavy atom. The number of aliphatic hydroxyl groups is 1. The molecule has 5 heteroatoms. The first-order valence-corrected chi connectivity index (χ1v) is 6.93. The van der Waals surface area contributed by atoms with Crippen LogP contribution in [0.2, 0.25) is 0 Å². The van der Waals surface area contributed by atoms with E-state index in [0.717, 1.165) is 6.42 Å². The van der Waals surface area contributed by atoms with Gasteiger partial charge in [-0.1, -0.05) is 13.8 Å². The highest BCUT2D eigenvalue weighted by molar-refractivity contribution is 7.85. The van der Waals surface area contributed by atoms with Crippen LogP contribution in [-0.2, 0) is 10.1 Å². The van der Waals surface area contributed by atoms with Gasteiger partial charge in [0.2, 0.25) is 0 Å². The molecule has 2 rings (SSSR count). The summed E-state index contributed by atoms with van der Waals surface area (Å²) in [6.45, 7) is 4.01. The molecule has 15 heavy (non-hydrogen) atoms. The highest BCUT2D eigenvalue weighted by atomic mass is 32.2. The highest BCUT2D eigenvalue weighted by Crippen LogP contribution is 2.65. The number of hydrogen-bond acceptors (Lipinski definition) is 3. The summed E-state index contributed by atoms with van der Waals surface area (Å²) in [5.74, 6) is 0.0826. The maximum absolute atomic E-state index is 11.0. The number of rotatable bonds is 2. The molecule has 2 bridgehead atoms. The van der Waals surface area contributed by atoms with Crippen LogP contribution >= 0.6 is 0 Å².